The quantitative estimate of drug-likeness (QED) is 0.379. The average Bonchev–Trinajstić information content (AvgIpc) is 3.65. The second-order valence-corrected chi connectivity index (χ2v) is 10.2. The molecule has 2 fully saturated rings. The first-order valence-electron chi connectivity index (χ1n) is 12.8. The van der Waals surface area contributed by atoms with E-state index in [1.807, 2.05) is 12.1 Å². The number of piperazine rings is 1. The number of hydrogen-bond donors (Lipinski definition) is 4. The van der Waals surface area contributed by atoms with Crippen molar-refractivity contribution in [3.05, 3.63) is 36.5 Å². The Morgan fingerprint density at radius 3 is 2.73 bits per heavy atom. The molecule has 1 aromatic carbocycles. The number of aromatic amines is 1. The predicted molar refractivity (Wildman–Crippen MR) is 143 cm³/mol. The fourth-order valence-electron chi connectivity index (χ4n) is 6.07. The molecule has 37 heavy (non-hydrogen) atoms. The lowest BCUT2D eigenvalue weighted by Gasteiger charge is -2.34. The highest BCUT2D eigenvalue weighted by atomic mass is 16.5. The lowest BCUT2D eigenvalue weighted by molar-refractivity contribution is -0.125. The van der Waals surface area contributed by atoms with Gasteiger partial charge in [0.15, 0.2) is 11.4 Å². The number of aromatic nitrogens is 3. The van der Waals surface area contributed by atoms with E-state index < -0.39 is 0 Å². The highest BCUT2D eigenvalue weighted by Gasteiger charge is 2.48. The van der Waals surface area contributed by atoms with Gasteiger partial charge in [-0.1, -0.05) is 12.2 Å². The van der Waals surface area contributed by atoms with E-state index in [4.69, 9.17) is 9.72 Å². The molecule has 4 unspecified atom stereocenters. The number of nitrogens with one attached hydrogen (secondary N) is 3. The minimum absolute atomic E-state index is 0.00890. The highest BCUT2D eigenvalue weighted by Crippen LogP contribution is 2.46. The molecule has 1 amide bonds. The van der Waals surface area contributed by atoms with Crippen molar-refractivity contribution in [3.8, 4) is 22.9 Å². The smallest absolute Gasteiger partial charge is 0.225 e. The number of nitrogens with zero attached hydrogens (tertiary/aromatic N) is 4. The predicted octanol–water partition coefficient (Wildman–Crippen LogP) is 2.44. The number of pyridine rings is 1. The Bertz CT molecular complexity index is 1360. The molecule has 2 aromatic heterocycles. The lowest BCUT2D eigenvalue weighted by atomic mass is 9.88. The third-order valence-electron chi connectivity index (χ3n) is 8.13. The molecule has 1 saturated heterocycles. The maximum absolute atomic E-state index is 12.7. The molecule has 4 N–H and O–H groups in total. The summed E-state index contributed by atoms with van der Waals surface area (Å²) < 4.78 is 5.76. The number of methoxy groups -OCH3 is 1. The van der Waals surface area contributed by atoms with Crippen LogP contribution in [0.5, 0.6) is 11.5 Å². The molecule has 2 aliphatic carbocycles. The first kappa shape index (κ1) is 23.6. The van der Waals surface area contributed by atoms with Crippen molar-refractivity contribution in [3.63, 3.8) is 0 Å². The van der Waals surface area contributed by atoms with Gasteiger partial charge in [-0.15, -0.1) is 0 Å². The van der Waals surface area contributed by atoms with Crippen LogP contribution < -0.4 is 20.3 Å². The largest absolute Gasteiger partial charge is 0.504 e. The fourth-order valence-corrected chi connectivity index (χ4v) is 6.07. The minimum Gasteiger partial charge on any atom is -0.504 e. The van der Waals surface area contributed by atoms with Crippen LogP contribution in [-0.4, -0.2) is 84.3 Å². The molecule has 3 aromatic rings. The number of H-pyrrole nitrogens is 1. The Balaban J connectivity index is 1.33. The fraction of sp³-hybridized carbons (Fsp3) is 0.444. The Labute approximate surface area is 215 Å². The van der Waals surface area contributed by atoms with Crippen LogP contribution in [0.4, 0.5) is 11.4 Å². The number of aromatic hydroxyl groups is 1. The summed E-state index contributed by atoms with van der Waals surface area (Å²) in [6.45, 7) is 3.99. The number of ether oxygens (including phenoxy) is 1. The number of hydrogen-bond acceptors (Lipinski definition) is 8. The topological polar surface area (TPSA) is 119 Å². The van der Waals surface area contributed by atoms with Gasteiger partial charge in [-0.2, -0.15) is 0 Å². The molecule has 4 atom stereocenters. The van der Waals surface area contributed by atoms with Gasteiger partial charge in [0.25, 0.3) is 0 Å². The number of allylic oxidation sites excluding steroid dienone is 1. The van der Waals surface area contributed by atoms with Crippen LogP contribution >= 0.6 is 0 Å². The van der Waals surface area contributed by atoms with Crippen molar-refractivity contribution < 1.29 is 14.6 Å². The third kappa shape index (κ3) is 4.05. The van der Waals surface area contributed by atoms with Crippen molar-refractivity contribution in [1.82, 2.24) is 25.2 Å². The summed E-state index contributed by atoms with van der Waals surface area (Å²) in [6, 6.07) is 6.03. The molecule has 6 rings (SSSR count). The Morgan fingerprint density at radius 1 is 1.19 bits per heavy atom. The van der Waals surface area contributed by atoms with Gasteiger partial charge in [-0.3, -0.25) is 4.79 Å². The zero-order valence-electron chi connectivity index (χ0n) is 21.4. The Kier molecular flexibility index (Phi) is 5.91. The van der Waals surface area contributed by atoms with Crippen LogP contribution in [-0.2, 0) is 4.79 Å². The summed E-state index contributed by atoms with van der Waals surface area (Å²) in [5.41, 5.74) is 3.53. The number of imidazole rings is 1. The van der Waals surface area contributed by atoms with Crippen LogP contribution in [0.2, 0.25) is 0 Å². The summed E-state index contributed by atoms with van der Waals surface area (Å²) in [7, 11) is 5.47. The molecule has 3 aliphatic rings. The van der Waals surface area contributed by atoms with Gasteiger partial charge < -0.3 is 35.3 Å². The van der Waals surface area contributed by atoms with Crippen molar-refractivity contribution in [2.75, 3.05) is 57.6 Å². The van der Waals surface area contributed by atoms with Crippen LogP contribution in [0.3, 0.4) is 0 Å². The van der Waals surface area contributed by atoms with Gasteiger partial charge >= 0.3 is 0 Å². The normalized spacial score (nSPS) is 25.1. The number of rotatable bonds is 6. The molecule has 194 valence electrons. The highest BCUT2D eigenvalue weighted by molar-refractivity contribution is 5.92. The third-order valence-corrected chi connectivity index (χ3v) is 8.13. The van der Waals surface area contributed by atoms with E-state index in [1.165, 1.54) is 6.20 Å². The minimum atomic E-state index is -0.202. The van der Waals surface area contributed by atoms with Crippen LogP contribution in [0.25, 0.3) is 22.6 Å². The van der Waals surface area contributed by atoms with Crippen molar-refractivity contribution in [1.29, 1.82) is 0 Å². The standard InChI is InChI=1S/C27H33N7O3/c1-28-27(36)21-15-4-5-16(12-15)22(21)30-23-19(35)14-29-26-24(23)31-25(32-26)18-7-6-17(13-20(18)37-3)34-10-8-33(2)9-11-34/h4-7,13-16,21-22,35H,8-12H2,1-3H3,(H,28,36)(H2,29,30,31,32). The SMILES string of the molecule is CNC(=O)C1C2C=CC(C2)C1Nc1c(O)cnc2nc(-c3ccc(N4CCN(C)CC4)cc3OC)[nH]c12. The number of carbonyl (C=O) groups excluding carboxylic acids is 1. The van der Waals surface area contributed by atoms with Crippen molar-refractivity contribution >= 4 is 28.4 Å². The molecule has 10 nitrogen and oxygen atoms in total. The average molecular weight is 504 g/mol. The first-order chi connectivity index (χ1) is 18.0. The van der Waals surface area contributed by atoms with Gasteiger partial charge in [-0.25, -0.2) is 9.97 Å². The van der Waals surface area contributed by atoms with Gasteiger partial charge in [0, 0.05) is 51.0 Å². The van der Waals surface area contributed by atoms with E-state index in [0.29, 0.717) is 28.4 Å². The van der Waals surface area contributed by atoms with Crippen LogP contribution in [0.15, 0.2) is 36.5 Å². The van der Waals surface area contributed by atoms with E-state index in [0.717, 1.165) is 43.9 Å². The van der Waals surface area contributed by atoms with E-state index in [9.17, 15) is 9.90 Å². The van der Waals surface area contributed by atoms with E-state index in [2.05, 4.69) is 55.7 Å². The van der Waals surface area contributed by atoms with Crippen molar-refractivity contribution in [2.45, 2.75) is 12.5 Å². The zero-order chi connectivity index (χ0) is 25.7. The molecule has 1 saturated carbocycles. The first-order valence-corrected chi connectivity index (χ1v) is 12.8. The number of carbonyl (C=O) groups is 1. The number of benzene rings is 1. The van der Waals surface area contributed by atoms with Gasteiger partial charge in [-0.05, 0) is 37.4 Å². The summed E-state index contributed by atoms with van der Waals surface area (Å²) in [4.78, 5) is 29.8. The number of likely N-dealkylation sites (N-methyl/N-ethyl adjacent to an activating group) is 1. The van der Waals surface area contributed by atoms with E-state index in [-0.39, 0.29) is 35.5 Å². The maximum Gasteiger partial charge on any atom is 0.225 e. The Hall–Kier alpha value is -3.79. The number of amides is 1. The second-order valence-electron chi connectivity index (χ2n) is 10.2. The van der Waals surface area contributed by atoms with E-state index >= 15 is 0 Å². The summed E-state index contributed by atoms with van der Waals surface area (Å²) in [5, 5.41) is 17.1. The number of fused-ring (bicyclic) bond motifs is 3. The van der Waals surface area contributed by atoms with E-state index in [1.54, 1.807) is 14.2 Å². The van der Waals surface area contributed by atoms with Crippen LogP contribution in [0, 0.1) is 17.8 Å². The summed E-state index contributed by atoms with van der Waals surface area (Å²) in [6.07, 6.45) is 6.64. The molecule has 2 bridgehead atoms. The zero-order valence-corrected chi connectivity index (χ0v) is 21.4. The molecule has 10 heteroatoms. The molecule has 3 heterocycles. The van der Waals surface area contributed by atoms with Gasteiger partial charge in [0.05, 0.1) is 24.8 Å². The lowest BCUT2D eigenvalue weighted by Crippen LogP contribution is -2.44. The molecular weight excluding hydrogens is 470 g/mol. The summed E-state index contributed by atoms with van der Waals surface area (Å²) >= 11 is 0. The summed E-state index contributed by atoms with van der Waals surface area (Å²) in [5.74, 6) is 1.56. The molecule has 1 aliphatic heterocycles. The van der Waals surface area contributed by atoms with Crippen molar-refractivity contribution in [2.24, 2.45) is 17.8 Å². The maximum atomic E-state index is 12.7. The molecular formula is C27H33N7O3. The van der Waals surface area contributed by atoms with Gasteiger partial charge in [0.1, 0.15) is 22.8 Å². The second kappa shape index (κ2) is 9.26. The molecule has 0 radical (unpaired) electrons. The van der Waals surface area contributed by atoms with Crippen LogP contribution in [0.1, 0.15) is 6.42 Å². The molecule has 0 spiro atoms. The number of anilines is 2. The Morgan fingerprint density at radius 2 is 1.97 bits per heavy atom. The monoisotopic (exact) mass is 503 g/mol. The van der Waals surface area contributed by atoms with Gasteiger partial charge in [0.2, 0.25) is 5.91 Å².